The van der Waals surface area contributed by atoms with Crippen LogP contribution in [0.4, 0.5) is 0 Å². The molecule has 0 aromatic heterocycles. The van der Waals surface area contributed by atoms with Gasteiger partial charge in [-0.3, -0.25) is 0 Å². The van der Waals surface area contributed by atoms with Crippen LogP contribution in [0.5, 0.6) is 0 Å². The maximum atomic E-state index is 9.60. The molecule has 0 unspecified atom stereocenters. The van der Waals surface area contributed by atoms with Crippen LogP contribution in [0.3, 0.4) is 0 Å². The molecule has 0 saturated heterocycles. The summed E-state index contributed by atoms with van der Waals surface area (Å²) in [6.45, 7) is 28.6. The van der Waals surface area contributed by atoms with Crippen LogP contribution in [0.2, 0.25) is 0 Å². The van der Waals surface area contributed by atoms with Crippen molar-refractivity contribution in [3.63, 3.8) is 0 Å². The van der Waals surface area contributed by atoms with Crippen LogP contribution in [0.25, 0.3) is 0 Å². The fourth-order valence-electron chi connectivity index (χ4n) is 0. The fourth-order valence-corrected chi connectivity index (χ4v) is 0. The van der Waals surface area contributed by atoms with Gasteiger partial charge >= 0.3 is 5.97 Å². The highest BCUT2D eigenvalue weighted by atomic mass is 16.4. The van der Waals surface area contributed by atoms with Gasteiger partial charge in [0.2, 0.25) is 0 Å². The van der Waals surface area contributed by atoms with Gasteiger partial charge in [0.25, 0.3) is 0 Å². The average Bonchev–Trinajstić information content (AvgIpc) is 2.29. The quantitative estimate of drug-likeness (QED) is 0.513. The van der Waals surface area contributed by atoms with E-state index < -0.39 is 5.97 Å². The maximum absolute atomic E-state index is 9.60. The number of hydrogen-bond acceptors (Lipinski definition) is 1. The average molecular weight is 198 g/mol. The molecule has 0 radical (unpaired) electrons. The number of rotatable bonds is 1. The van der Waals surface area contributed by atoms with E-state index in [0.717, 1.165) is 0 Å². The van der Waals surface area contributed by atoms with E-state index in [9.17, 15) is 4.79 Å². The van der Waals surface area contributed by atoms with Crippen LogP contribution < -0.4 is 0 Å². The standard InChI is InChI=1S/C4H6O2.4C2H4/c1-3(2)4(5)6;4*1-2/h1H2,2H3,(H,5,6);4*1-2H2. The Morgan fingerprint density at radius 1 is 0.857 bits per heavy atom. The highest BCUT2D eigenvalue weighted by Gasteiger charge is 1.90. The fraction of sp³-hybridized carbons (Fsp3) is 0.0833. The summed E-state index contributed by atoms with van der Waals surface area (Å²) in [5.41, 5.74) is 0.176. The molecule has 0 aromatic rings. The van der Waals surface area contributed by atoms with Crippen molar-refractivity contribution in [2.75, 3.05) is 0 Å². The summed E-state index contributed by atoms with van der Waals surface area (Å²) in [6.07, 6.45) is 0. The molecule has 0 aromatic carbocycles. The van der Waals surface area contributed by atoms with Crippen molar-refractivity contribution in [2.45, 2.75) is 6.92 Å². The van der Waals surface area contributed by atoms with Crippen LogP contribution in [0.1, 0.15) is 6.92 Å². The summed E-state index contributed by atoms with van der Waals surface area (Å²) in [7, 11) is 0. The van der Waals surface area contributed by atoms with Gasteiger partial charge in [-0.2, -0.15) is 0 Å². The Kier molecular flexibility index (Phi) is 140. The van der Waals surface area contributed by atoms with Gasteiger partial charge < -0.3 is 5.11 Å². The van der Waals surface area contributed by atoms with E-state index in [4.69, 9.17) is 5.11 Å². The van der Waals surface area contributed by atoms with Crippen molar-refractivity contribution in [2.24, 2.45) is 0 Å². The third-order valence-corrected chi connectivity index (χ3v) is 0.365. The first-order valence-electron chi connectivity index (χ1n) is 3.53. The Bertz CT molecular complexity index is 108. The molecule has 0 atom stereocenters. The first kappa shape index (κ1) is 29.5. The smallest absolute Gasteiger partial charge is 0.330 e. The zero-order valence-corrected chi connectivity index (χ0v) is 9.22. The van der Waals surface area contributed by atoms with Crippen molar-refractivity contribution in [3.05, 3.63) is 64.8 Å². The van der Waals surface area contributed by atoms with Crippen molar-refractivity contribution >= 4 is 5.97 Å². The number of aliphatic carboxylic acids is 1. The van der Waals surface area contributed by atoms with Crippen LogP contribution in [-0.2, 0) is 4.79 Å². The highest BCUT2D eigenvalue weighted by molar-refractivity contribution is 5.84. The van der Waals surface area contributed by atoms with Crippen LogP contribution >= 0.6 is 0 Å². The lowest BCUT2D eigenvalue weighted by molar-refractivity contribution is -0.132. The van der Waals surface area contributed by atoms with Gasteiger partial charge in [-0.1, -0.05) is 6.58 Å². The van der Waals surface area contributed by atoms with Crippen molar-refractivity contribution in [1.29, 1.82) is 0 Å². The lowest BCUT2D eigenvalue weighted by Gasteiger charge is -1.79. The zero-order chi connectivity index (χ0) is 13.2. The van der Waals surface area contributed by atoms with Gasteiger partial charge in [-0.05, 0) is 6.92 Å². The van der Waals surface area contributed by atoms with Crippen LogP contribution in [0, 0.1) is 0 Å². The van der Waals surface area contributed by atoms with Gasteiger partial charge in [0.15, 0.2) is 0 Å². The molecule has 0 saturated carbocycles. The second-order valence-electron chi connectivity index (χ2n) is 1.09. The lowest BCUT2D eigenvalue weighted by atomic mass is 10.4. The minimum atomic E-state index is -0.935. The number of carbonyl (C=O) groups is 1. The van der Waals surface area contributed by atoms with E-state index in [1.54, 1.807) is 0 Å². The van der Waals surface area contributed by atoms with Crippen molar-refractivity contribution in [1.82, 2.24) is 0 Å². The third kappa shape index (κ3) is 182. The monoisotopic (exact) mass is 198 g/mol. The molecule has 0 fully saturated rings. The minimum absolute atomic E-state index is 0.176. The molecular weight excluding hydrogens is 176 g/mol. The molecule has 0 spiro atoms. The molecule has 2 nitrogen and oxygen atoms in total. The Balaban J connectivity index is -0.0000000287. The first-order valence-corrected chi connectivity index (χ1v) is 3.53. The van der Waals surface area contributed by atoms with Gasteiger partial charge in [0.05, 0.1) is 0 Å². The Morgan fingerprint density at radius 3 is 0.929 bits per heavy atom. The Labute approximate surface area is 88.3 Å². The molecular formula is C12H22O2. The molecule has 0 aliphatic rings. The molecule has 82 valence electrons. The second-order valence-corrected chi connectivity index (χ2v) is 1.09. The summed E-state index contributed by atoms with van der Waals surface area (Å²) >= 11 is 0. The summed E-state index contributed by atoms with van der Waals surface area (Å²) in [6, 6.07) is 0. The van der Waals surface area contributed by atoms with Gasteiger partial charge in [-0.15, -0.1) is 52.6 Å². The Hall–Kier alpha value is -1.83. The number of hydrogen-bond donors (Lipinski definition) is 1. The predicted molar refractivity (Wildman–Crippen MR) is 67.5 cm³/mol. The predicted octanol–water partition coefficient (Wildman–Crippen LogP) is 3.86. The number of carboxylic acid groups (broad SMARTS) is 1. The molecule has 0 amide bonds. The van der Waals surface area contributed by atoms with Gasteiger partial charge in [0.1, 0.15) is 0 Å². The normalized spacial score (nSPS) is 4.36. The highest BCUT2D eigenvalue weighted by Crippen LogP contribution is 1.81. The van der Waals surface area contributed by atoms with E-state index in [1.807, 2.05) is 0 Å². The van der Waals surface area contributed by atoms with E-state index in [1.165, 1.54) is 6.92 Å². The molecule has 0 bridgehead atoms. The van der Waals surface area contributed by atoms with Crippen LogP contribution in [-0.4, -0.2) is 11.1 Å². The maximum Gasteiger partial charge on any atom is 0.330 e. The molecule has 14 heavy (non-hydrogen) atoms. The summed E-state index contributed by atoms with van der Waals surface area (Å²) < 4.78 is 0. The second kappa shape index (κ2) is 66.4. The minimum Gasteiger partial charge on any atom is -0.478 e. The SMILES string of the molecule is C=C.C=C.C=C.C=C.C=C(C)C(=O)O. The molecule has 0 rings (SSSR count). The largest absolute Gasteiger partial charge is 0.478 e. The lowest BCUT2D eigenvalue weighted by Crippen LogP contribution is -1.92. The van der Waals surface area contributed by atoms with E-state index >= 15 is 0 Å². The Morgan fingerprint density at radius 2 is 0.929 bits per heavy atom. The van der Waals surface area contributed by atoms with E-state index in [2.05, 4.69) is 59.2 Å². The summed E-state index contributed by atoms with van der Waals surface area (Å²) in [5.74, 6) is -0.935. The zero-order valence-electron chi connectivity index (χ0n) is 9.22. The molecule has 0 heterocycles. The van der Waals surface area contributed by atoms with Crippen LogP contribution in [0.15, 0.2) is 64.8 Å². The molecule has 2 heteroatoms. The van der Waals surface area contributed by atoms with Gasteiger partial charge in [-0.25, -0.2) is 4.79 Å². The number of carboxylic acids is 1. The third-order valence-electron chi connectivity index (χ3n) is 0.365. The molecule has 1 N–H and O–H groups in total. The summed E-state index contributed by atoms with van der Waals surface area (Å²) in [4.78, 5) is 9.60. The molecule has 0 aliphatic heterocycles. The van der Waals surface area contributed by atoms with Gasteiger partial charge in [0, 0.05) is 5.57 Å². The van der Waals surface area contributed by atoms with E-state index in [0.29, 0.717) is 0 Å². The topological polar surface area (TPSA) is 37.3 Å². The molecule has 0 aliphatic carbocycles. The van der Waals surface area contributed by atoms with Crippen molar-refractivity contribution in [3.8, 4) is 0 Å². The summed E-state index contributed by atoms with van der Waals surface area (Å²) in [5, 5.41) is 7.89. The van der Waals surface area contributed by atoms with Crippen molar-refractivity contribution < 1.29 is 9.90 Å². The van der Waals surface area contributed by atoms with E-state index in [-0.39, 0.29) is 5.57 Å². The first-order chi connectivity index (χ1) is 6.64.